The summed E-state index contributed by atoms with van der Waals surface area (Å²) in [5.74, 6) is 0.284. The molecule has 0 saturated carbocycles. The maximum absolute atomic E-state index is 12.3. The second kappa shape index (κ2) is 7.84. The van der Waals surface area contributed by atoms with Crippen molar-refractivity contribution in [3.05, 3.63) is 47.9 Å². The van der Waals surface area contributed by atoms with Crippen molar-refractivity contribution in [1.82, 2.24) is 20.0 Å². The molecular formula is C15H19N5O3S. The van der Waals surface area contributed by atoms with Gasteiger partial charge in [-0.2, -0.15) is 0 Å². The molecule has 0 atom stereocenters. The number of hydrogen-bond acceptors (Lipinski definition) is 6. The van der Waals surface area contributed by atoms with Crippen molar-refractivity contribution in [2.75, 3.05) is 25.5 Å². The smallest absolute Gasteiger partial charge is 0.251 e. The molecular weight excluding hydrogens is 330 g/mol. The van der Waals surface area contributed by atoms with Crippen molar-refractivity contribution in [1.29, 1.82) is 0 Å². The lowest BCUT2D eigenvalue weighted by Gasteiger charge is -2.10. The number of sulfonamides is 1. The molecule has 0 fully saturated rings. The van der Waals surface area contributed by atoms with Gasteiger partial charge < -0.3 is 10.6 Å². The summed E-state index contributed by atoms with van der Waals surface area (Å²) in [7, 11) is -2.26. The SMILES string of the molecule is CNS(=O)(=O)c1ccc(C)c(C(=O)NCCNc2cnccn2)c1. The molecule has 8 nitrogen and oxygen atoms in total. The van der Waals surface area contributed by atoms with Crippen LogP contribution in [0.1, 0.15) is 15.9 Å². The first kappa shape index (κ1) is 17.8. The highest BCUT2D eigenvalue weighted by atomic mass is 32.2. The Morgan fingerprint density at radius 1 is 1.21 bits per heavy atom. The summed E-state index contributed by atoms with van der Waals surface area (Å²) >= 11 is 0. The third-order valence-electron chi connectivity index (χ3n) is 3.31. The molecule has 0 saturated heterocycles. The summed E-state index contributed by atoms with van der Waals surface area (Å²) in [6.07, 6.45) is 4.72. The van der Waals surface area contributed by atoms with E-state index in [0.29, 0.717) is 30.0 Å². The molecule has 24 heavy (non-hydrogen) atoms. The van der Waals surface area contributed by atoms with Crippen LogP contribution in [0.15, 0.2) is 41.7 Å². The fourth-order valence-corrected chi connectivity index (χ4v) is 2.74. The molecule has 0 spiro atoms. The Balaban J connectivity index is 1.98. The van der Waals surface area contributed by atoms with E-state index in [0.717, 1.165) is 0 Å². The summed E-state index contributed by atoms with van der Waals surface area (Å²) in [6, 6.07) is 4.44. The van der Waals surface area contributed by atoms with Gasteiger partial charge in [-0.1, -0.05) is 6.07 Å². The number of benzene rings is 1. The number of amides is 1. The average Bonchev–Trinajstić information content (AvgIpc) is 2.59. The predicted octanol–water partition coefficient (Wildman–Crippen LogP) is 0.535. The van der Waals surface area contributed by atoms with Crippen LogP contribution in [-0.2, 0) is 10.0 Å². The van der Waals surface area contributed by atoms with E-state index in [-0.39, 0.29) is 10.8 Å². The molecule has 0 aliphatic heterocycles. The number of rotatable bonds is 7. The highest BCUT2D eigenvalue weighted by Crippen LogP contribution is 2.15. The Kier molecular flexibility index (Phi) is 5.83. The summed E-state index contributed by atoms with van der Waals surface area (Å²) < 4.78 is 25.9. The number of aromatic nitrogens is 2. The van der Waals surface area contributed by atoms with E-state index in [2.05, 4.69) is 25.3 Å². The van der Waals surface area contributed by atoms with Crippen molar-refractivity contribution in [2.45, 2.75) is 11.8 Å². The van der Waals surface area contributed by atoms with Gasteiger partial charge >= 0.3 is 0 Å². The molecule has 0 aliphatic rings. The van der Waals surface area contributed by atoms with Gasteiger partial charge in [0.2, 0.25) is 10.0 Å². The van der Waals surface area contributed by atoms with Gasteiger partial charge in [0.15, 0.2) is 0 Å². The van der Waals surface area contributed by atoms with Gasteiger partial charge in [0.25, 0.3) is 5.91 Å². The third-order valence-corrected chi connectivity index (χ3v) is 4.72. The third kappa shape index (κ3) is 4.49. The van der Waals surface area contributed by atoms with E-state index in [1.54, 1.807) is 31.6 Å². The number of nitrogens with one attached hydrogen (secondary N) is 3. The molecule has 3 N–H and O–H groups in total. The van der Waals surface area contributed by atoms with E-state index in [1.165, 1.54) is 19.2 Å². The highest BCUT2D eigenvalue weighted by molar-refractivity contribution is 7.89. The molecule has 1 amide bonds. The summed E-state index contributed by atoms with van der Waals surface area (Å²) in [6.45, 7) is 2.58. The quantitative estimate of drug-likeness (QED) is 0.629. The van der Waals surface area contributed by atoms with Crippen LogP contribution in [0.5, 0.6) is 0 Å². The van der Waals surface area contributed by atoms with E-state index in [4.69, 9.17) is 0 Å². The number of carbonyl (C=O) groups excluding carboxylic acids is 1. The molecule has 128 valence electrons. The van der Waals surface area contributed by atoms with Gasteiger partial charge in [-0.3, -0.25) is 9.78 Å². The minimum absolute atomic E-state index is 0.0541. The first-order valence-electron chi connectivity index (χ1n) is 7.26. The average molecular weight is 349 g/mol. The molecule has 2 rings (SSSR count). The van der Waals surface area contributed by atoms with Gasteiger partial charge in [0, 0.05) is 31.0 Å². The lowest BCUT2D eigenvalue weighted by Crippen LogP contribution is -2.29. The van der Waals surface area contributed by atoms with Crippen LogP contribution in [0.3, 0.4) is 0 Å². The minimum atomic E-state index is -3.59. The number of aryl methyl sites for hydroxylation is 1. The van der Waals surface area contributed by atoms with Crippen molar-refractivity contribution in [3.8, 4) is 0 Å². The van der Waals surface area contributed by atoms with Gasteiger partial charge in [-0.05, 0) is 31.7 Å². The Labute approximate surface area is 140 Å². The molecule has 0 unspecified atom stereocenters. The standard InChI is InChI=1S/C15H19N5O3S/c1-11-3-4-12(24(22,23)16-2)9-13(11)15(21)20-8-7-19-14-10-17-5-6-18-14/h3-6,9-10,16H,7-8H2,1-2H3,(H,18,19)(H,20,21). The Hall–Kier alpha value is -2.52. The van der Waals surface area contributed by atoms with E-state index in [9.17, 15) is 13.2 Å². The van der Waals surface area contributed by atoms with E-state index in [1.807, 2.05) is 0 Å². The lowest BCUT2D eigenvalue weighted by molar-refractivity contribution is 0.0954. The molecule has 1 aromatic carbocycles. The zero-order valence-electron chi connectivity index (χ0n) is 13.4. The second-order valence-corrected chi connectivity index (χ2v) is 6.84. The van der Waals surface area contributed by atoms with Crippen molar-refractivity contribution in [3.63, 3.8) is 0 Å². The van der Waals surface area contributed by atoms with Crippen LogP contribution >= 0.6 is 0 Å². The van der Waals surface area contributed by atoms with Crippen molar-refractivity contribution >= 4 is 21.7 Å². The van der Waals surface area contributed by atoms with Gasteiger partial charge in [-0.25, -0.2) is 18.1 Å². The van der Waals surface area contributed by atoms with Crippen LogP contribution in [0.4, 0.5) is 5.82 Å². The highest BCUT2D eigenvalue weighted by Gasteiger charge is 2.16. The number of anilines is 1. The molecule has 1 heterocycles. The fraction of sp³-hybridized carbons (Fsp3) is 0.267. The first-order chi connectivity index (χ1) is 11.4. The number of hydrogen-bond donors (Lipinski definition) is 3. The largest absolute Gasteiger partial charge is 0.367 e. The monoisotopic (exact) mass is 349 g/mol. The lowest BCUT2D eigenvalue weighted by atomic mass is 10.1. The van der Waals surface area contributed by atoms with Crippen LogP contribution in [0.25, 0.3) is 0 Å². The first-order valence-corrected chi connectivity index (χ1v) is 8.74. The molecule has 0 aliphatic carbocycles. The van der Waals surface area contributed by atoms with Crippen LogP contribution in [0.2, 0.25) is 0 Å². The minimum Gasteiger partial charge on any atom is -0.367 e. The maximum atomic E-state index is 12.3. The summed E-state index contributed by atoms with van der Waals surface area (Å²) in [5, 5.41) is 5.76. The normalized spacial score (nSPS) is 11.1. The Bertz CT molecular complexity index is 809. The molecule has 2 aromatic rings. The topological polar surface area (TPSA) is 113 Å². The van der Waals surface area contributed by atoms with Crippen LogP contribution < -0.4 is 15.4 Å². The second-order valence-electron chi connectivity index (χ2n) is 4.96. The van der Waals surface area contributed by atoms with Gasteiger partial charge in [-0.15, -0.1) is 0 Å². The molecule has 1 aromatic heterocycles. The van der Waals surface area contributed by atoms with E-state index < -0.39 is 10.0 Å². The Morgan fingerprint density at radius 2 is 2.00 bits per heavy atom. The maximum Gasteiger partial charge on any atom is 0.251 e. The van der Waals surface area contributed by atoms with Crippen LogP contribution in [-0.4, -0.2) is 44.4 Å². The predicted molar refractivity (Wildman–Crippen MR) is 90.3 cm³/mol. The molecule has 0 bridgehead atoms. The molecule has 0 radical (unpaired) electrons. The summed E-state index contributed by atoms with van der Waals surface area (Å²) in [4.78, 5) is 20.3. The van der Waals surface area contributed by atoms with E-state index >= 15 is 0 Å². The van der Waals surface area contributed by atoms with Crippen LogP contribution in [0, 0.1) is 6.92 Å². The summed E-state index contributed by atoms with van der Waals surface area (Å²) in [5.41, 5.74) is 1.02. The fourth-order valence-electron chi connectivity index (χ4n) is 1.98. The van der Waals surface area contributed by atoms with Gasteiger partial charge in [0.05, 0.1) is 11.1 Å². The zero-order chi connectivity index (χ0) is 17.6. The number of carbonyl (C=O) groups is 1. The molecule has 9 heteroatoms. The number of nitrogens with zero attached hydrogens (tertiary/aromatic N) is 2. The van der Waals surface area contributed by atoms with Gasteiger partial charge in [0.1, 0.15) is 5.82 Å². The van der Waals surface area contributed by atoms with Crippen molar-refractivity contribution in [2.24, 2.45) is 0 Å². The zero-order valence-corrected chi connectivity index (χ0v) is 14.2. The van der Waals surface area contributed by atoms with Crippen molar-refractivity contribution < 1.29 is 13.2 Å². The Morgan fingerprint density at radius 3 is 2.67 bits per heavy atom.